The summed E-state index contributed by atoms with van der Waals surface area (Å²) in [7, 11) is 0. The third kappa shape index (κ3) is 23.9. The van der Waals surface area contributed by atoms with Gasteiger partial charge in [-0.3, -0.25) is 19.2 Å². The summed E-state index contributed by atoms with van der Waals surface area (Å²) >= 11 is 3.36. The Morgan fingerprint density at radius 1 is 0.638 bits per heavy atom. The van der Waals surface area contributed by atoms with E-state index < -0.39 is 35.1 Å². The fraction of sp³-hybridized carbons (Fsp3) is 0.679. The lowest BCUT2D eigenvalue weighted by Crippen LogP contribution is -2.46. The molecule has 69 heavy (non-hydrogen) atoms. The van der Waals surface area contributed by atoms with Crippen LogP contribution in [0.15, 0.2) is 46.2 Å². The van der Waals surface area contributed by atoms with E-state index in [1.807, 2.05) is 72.8 Å². The summed E-state index contributed by atoms with van der Waals surface area (Å²) in [5.41, 5.74) is 2.77. The molecule has 0 aromatic carbocycles. The Labute approximate surface area is 425 Å². The van der Waals surface area contributed by atoms with Gasteiger partial charge >= 0.3 is 0 Å². The Morgan fingerprint density at radius 2 is 1.04 bits per heavy atom. The van der Waals surface area contributed by atoms with E-state index in [0.717, 1.165) is 66.3 Å². The fourth-order valence-electron chi connectivity index (χ4n) is 8.70. The van der Waals surface area contributed by atoms with Crippen LogP contribution in [0.2, 0.25) is 0 Å². The molecule has 0 aliphatic carbocycles. The van der Waals surface area contributed by atoms with Crippen LogP contribution in [0.3, 0.4) is 0 Å². The lowest BCUT2D eigenvalue weighted by atomic mass is 9.73. The van der Waals surface area contributed by atoms with Gasteiger partial charge in [-0.15, -0.1) is 22.7 Å². The molecule has 0 saturated heterocycles. The van der Waals surface area contributed by atoms with Gasteiger partial charge in [-0.25, -0.2) is 9.97 Å². The molecular weight excluding hydrogens is 905 g/mol. The van der Waals surface area contributed by atoms with Crippen molar-refractivity contribution in [2.45, 2.75) is 187 Å². The Hall–Kier alpha value is -3.62. The third-order valence-electron chi connectivity index (χ3n) is 13.2. The average molecular weight is 998 g/mol. The smallest absolute Gasteiger partial charge is 0.222 e. The van der Waals surface area contributed by atoms with E-state index in [1.54, 1.807) is 57.3 Å². The van der Waals surface area contributed by atoms with Gasteiger partial charge in [-0.05, 0) is 116 Å². The van der Waals surface area contributed by atoms with Crippen molar-refractivity contribution in [1.82, 2.24) is 20.6 Å². The molecular formula is C56H92N4O7S2. The van der Waals surface area contributed by atoms with Crippen LogP contribution >= 0.6 is 22.7 Å². The number of rotatable bonds is 2. The molecule has 11 nitrogen and oxygen atoms in total. The molecule has 2 aliphatic heterocycles. The topological polar surface area (TPSA) is 179 Å². The number of aryl methyl sites for hydroxylation is 2. The van der Waals surface area contributed by atoms with Crippen LogP contribution in [-0.2, 0) is 19.2 Å². The second kappa shape index (κ2) is 31.7. The van der Waals surface area contributed by atoms with E-state index >= 15 is 0 Å². The van der Waals surface area contributed by atoms with Crippen molar-refractivity contribution in [1.29, 1.82) is 0 Å². The second-order valence-electron chi connectivity index (χ2n) is 21.1. The van der Waals surface area contributed by atoms with Crippen LogP contribution in [0.25, 0.3) is 12.2 Å². The van der Waals surface area contributed by atoms with Gasteiger partial charge in [0, 0.05) is 35.7 Å². The number of ketones is 2. The summed E-state index contributed by atoms with van der Waals surface area (Å²) in [6.45, 7) is 32.1. The molecule has 0 radical (unpaired) electrons. The van der Waals surface area contributed by atoms with E-state index in [0.29, 0.717) is 19.0 Å². The molecule has 6 unspecified atom stereocenters. The molecule has 9 atom stereocenters. The molecule has 13 heteroatoms. The fourth-order valence-corrected chi connectivity index (χ4v) is 9.86. The van der Waals surface area contributed by atoms with E-state index in [9.17, 15) is 34.5 Å². The highest BCUT2D eigenvalue weighted by molar-refractivity contribution is 7.09. The van der Waals surface area contributed by atoms with Gasteiger partial charge in [-0.2, -0.15) is 0 Å². The highest BCUT2D eigenvalue weighted by atomic mass is 32.1. The van der Waals surface area contributed by atoms with Crippen molar-refractivity contribution in [3.8, 4) is 0 Å². The molecule has 4 rings (SSSR count). The van der Waals surface area contributed by atoms with E-state index in [2.05, 4.69) is 71.2 Å². The first-order valence-corrected chi connectivity index (χ1v) is 27.0. The number of nitrogens with one attached hydrogen (secondary N) is 2. The third-order valence-corrected chi connectivity index (χ3v) is 14.8. The van der Waals surface area contributed by atoms with Crippen LogP contribution in [0, 0.1) is 60.2 Å². The SMILES string of the molecule is C/C1=C/[C@H](C)CNC(=O)CC(O)C(C)(C)C(=O)C(C)CC(C)CCC1.C/C1=C/[C@H](C)CNC(=O)CC(O)C(C)(C)C(=O)C(C)[C@@H](O)C(C)CCC1.C/C=C\c1csc(C)n1.C/C=C\c1csc(C)n1. The molecule has 5 N–H and O–H groups in total. The minimum Gasteiger partial charge on any atom is -0.392 e. The second-order valence-corrected chi connectivity index (χ2v) is 23.2. The quantitative estimate of drug-likeness (QED) is 0.183. The van der Waals surface area contributed by atoms with Crippen molar-refractivity contribution in [2.75, 3.05) is 13.1 Å². The first-order chi connectivity index (χ1) is 32.1. The normalized spacial score (nSPS) is 29.9. The van der Waals surface area contributed by atoms with Gasteiger partial charge in [0.15, 0.2) is 0 Å². The molecule has 4 heterocycles. The van der Waals surface area contributed by atoms with Crippen LogP contribution in [0.5, 0.6) is 0 Å². The predicted molar refractivity (Wildman–Crippen MR) is 289 cm³/mol. The highest BCUT2D eigenvalue weighted by Crippen LogP contribution is 2.33. The number of thiazole rings is 2. The Balaban J connectivity index is 0.000000508. The summed E-state index contributed by atoms with van der Waals surface area (Å²) in [4.78, 5) is 58.5. The maximum absolute atomic E-state index is 12.9. The monoisotopic (exact) mass is 997 g/mol. The minimum atomic E-state index is -1.09. The average Bonchev–Trinajstić information content (AvgIpc) is 3.89. The van der Waals surface area contributed by atoms with Crippen molar-refractivity contribution in [2.24, 2.45) is 46.3 Å². The number of amides is 2. The summed E-state index contributed by atoms with van der Waals surface area (Å²) < 4.78 is 0. The van der Waals surface area contributed by atoms with Crippen LogP contribution < -0.4 is 10.6 Å². The molecule has 0 saturated carbocycles. The molecule has 2 amide bonds. The summed E-state index contributed by atoms with van der Waals surface area (Å²) in [6.07, 6.45) is 16.3. The highest BCUT2D eigenvalue weighted by Gasteiger charge is 2.42. The van der Waals surface area contributed by atoms with Crippen LogP contribution in [0.4, 0.5) is 0 Å². The first-order valence-electron chi connectivity index (χ1n) is 25.3. The van der Waals surface area contributed by atoms with E-state index in [4.69, 9.17) is 0 Å². The van der Waals surface area contributed by atoms with Crippen LogP contribution in [0.1, 0.15) is 176 Å². The molecule has 0 spiro atoms. The lowest BCUT2D eigenvalue weighted by Gasteiger charge is -2.34. The number of aliphatic hydroxyl groups is 3. The molecule has 2 aliphatic rings. The predicted octanol–water partition coefficient (Wildman–Crippen LogP) is 11.7. The van der Waals surface area contributed by atoms with Crippen LogP contribution in [-0.4, -0.2) is 80.1 Å². The maximum atomic E-state index is 12.9. The van der Waals surface area contributed by atoms with Gasteiger partial charge in [0.05, 0.1) is 63.4 Å². The van der Waals surface area contributed by atoms with Gasteiger partial charge in [-0.1, -0.05) is 111 Å². The van der Waals surface area contributed by atoms with Gasteiger partial charge < -0.3 is 26.0 Å². The standard InChI is InChI=1S/C21H37NO4.C21H37NO3.2C7H9NS/c1-13-8-7-9-15(3)19(25)16(4)20(26)21(5,6)17(23)11-18(24)22-12-14(2)10-13;1-14-8-7-9-15(2)11-17(4)20(25)21(5,6)18(23)12-19(24)22-13-16(3)10-14;2*1-3-4-7-5-9-6(2)8-7/h10,14-17,19,23,25H,7-9,11-12H2,1-6H3,(H,22,24);10,15-18,23H,7-9,11-13H2,1-6H3,(H,22,24);2*3-5H,1-2H3/b13-10-;14-10-;2*4-3-/t14-,15?,16?,17?,19-;15?,16-,17?,18?;;/m00../s1. The Morgan fingerprint density at radius 3 is 1.43 bits per heavy atom. The molecule has 2 aromatic heterocycles. The zero-order chi connectivity index (χ0) is 52.6. The zero-order valence-corrected chi connectivity index (χ0v) is 46.9. The van der Waals surface area contributed by atoms with Gasteiger partial charge in [0.25, 0.3) is 0 Å². The molecule has 0 bridgehead atoms. The molecule has 0 fully saturated rings. The van der Waals surface area contributed by atoms with Gasteiger partial charge in [0.1, 0.15) is 11.6 Å². The van der Waals surface area contributed by atoms with Crippen molar-refractivity contribution < 1.29 is 34.5 Å². The van der Waals surface area contributed by atoms with Crippen molar-refractivity contribution in [3.05, 3.63) is 67.6 Å². The first kappa shape index (κ1) is 63.4. The largest absolute Gasteiger partial charge is 0.392 e. The molecule has 2 aromatic rings. The van der Waals surface area contributed by atoms with Gasteiger partial charge in [0.2, 0.25) is 11.8 Å². The van der Waals surface area contributed by atoms with Crippen molar-refractivity contribution >= 4 is 58.2 Å². The number of aliphatic hydroxyl groups excluding tert-OH is 3. The Bertz CT molecular complexity index is 1950. The number of Topliss-reactive ketones (excluding diaryl/α,β-unsaturated/α-hetero) is 2. The molecule has 390 valence electrons. The number of carbonyl (C=O) groups excluding carboxylic acids is 4. The summed E-state index contributed by atoms with van der Waals surface area (Å²) in [5.74, 6) is -0.330. The van der Waals surface area contributed by atoms with E-state index in [-0.39, 0.29) is 59.9 Å². The summed E-state index contributed by atoms with van der Waals surface area (Å²) in [6, 6.07) is 0. The van der Waals surface area contributed by atoms with Crippen molar-refractivity contribution in [3.63, 3.8) is 0 Å². The number of carbonyl (C=O) groups is 4. The number of aromatic nitrogens is 2. The maximum Gasteiger partial charge on any atom is 0.222 e. The lowest BCUT2D eigenvalue weighted by molar-refractivity contribution is -0.143. The van der Waals surface area contributed by atoms with E-state index in [1.165, 1.54) is 11.1 Å². The Kier molecular flexibility index (Phi) is 29.1. The number of nitrogens with zero attached hydrogens (tertiary/aromatic N) is 2. The number of allylic oxidation sites excluding steroid dienone is 4. The number of hydrogen-bond acceptors (Lipinski definition) is 11. The summed E-state index contributed by atoms with van der Waals surface area (Å²) in [5, 5.41) is 43.7. The number of hydrogen-bond donors (Lipinski definition) is 5. The zero-order valence-electron chi connectivity index (χ0n) is 45.3. The minimum absolute atomic E-state index is 0.00307.